The van der Waals surface area contributed by atoms with E-state index in [4.69, 9.17) is 9.68 Å². The number of hydrogen-bond acceptors (Lipinski definition) is 4. The van der Waals surface area contributed by atoms with E-state index in [0.717, 1.165) is 24.2 Å². The van der Waals surface area contributed by atoms with Crippen LogP contribution in [0.25, 0.3) is 0 Å². The van der Waals surface area contributed by atoms with Gasteiger partial charge >= 0.3 is 0 Å². The standard InChI is InChI=1S/C16H14N2O2/c1-3-7-13-11(5-1)9-15-17(13)20-16-10-12-6-2-4-8-14(12)18(16)19-15/h1-8,15-16H,9-10H2. The molecule has 0 amide bonds. The summed E-state index contributed by atoms with van der Waals surface area (Å²) in [5.41, 5.74) is 4.83. The van der Waals surface area contributed by atoms with Gasteiger partial charge in [-0.1, -0.05) is 36.4 Å². The zero-order valence-electron chi connectivity index (χ0n) is 10.9. The van der Waals surface area contributed by atoms with E-state index in [1.54, 1.807) is 0 Å². The number of benzene rings is 2. The maximum absolute atomic E-state index is 6.18. The second-order valence-corrected chi connectivity index (χ2v) is 5.44. The average Bonchev–Trinajstić information content (AvgIpc) is 3.02. The molecule has 1 saturated heterocycles. The zero-order valence-corrected chi connectivity index (χ0v) is 10.9. The largest absolute Gasteiger partial charge is 0.243 e. The van der Waals surface area contributed by atoms with Gasteiger partial charge in [0.2, 0.25) is 0 Å². The maximum Gasteiger partial charge on any atom is 0.185 e. The number of para-hydroxylation sites is 2. The van der Waals surface area contributed by atoms with Gasteiger partial charge in [0.05, 0.1) is 11.4 Å². The van der Waals surface area contributed by atoms with E-state index in [2.05, 4.69) is 36.4 Å². The Kier molecular flexibility index (Phi) is 2.01. The van der Waals surface area contributed by atoms with Crippen molar-refractivity contribution in [3.63, 3.8) is 0 Å². The summed E-state index contributed by atoms with van der Waals surface area (Å²) in [4.78, 5) is 12.4. The molecule has 1 fully saturated rings. The van der Waals surface area contributed by atoms with Gasteiger partial charge in [0.15, 0.2) is 12.5 Å². The van der Waals surface area contributed by atoms with Crippen LogP contribution in [0.4, 0.5) is 11.4 Å². The molecule has 0 saturated carbocycles. The Morgan fingerprint density at radius 1 is 0.700 bits per heavy atom. The molecule has 0 aromatic heterocycles. The Hall–Kier alpha value is -2.04. The molecule has 0 N–H and O–H groups in total. The predicted octanol–water partition coefficient (Wildman–Crippen LogP) is 2.64. The van der Waals surface area contributed by atoms with Gasteiger partial charge in [-0.15, -0.1) is 0 Å². The van der Waals surface area contributed by atoms with Crippen molar-refractivity contribution in [2.75, 3.05) is 10.1 Å². The molecule has 0 spiro atoms. The SMILES string of the molecule is c1ccc2c(c1)CC1ON3c4ccccc4CC3ON21. The summed E-state index contributed by atoms with van der Waals surface area (Å²) < 4.78 is 0. The van der Waals surface area contributed by atoms with Gasteiger partial charge in [-0.25, -0.2) is 19.8 Å². The highest BCUT2D eigenvalue weighted by Gasteiger charge is 2.44. The average molecular weight is 266 g/mol. The Balaban J connectivity index is 1.52. The van der Waals surface area contributed by atoms with E-state index in [1.807, 2.05) is 22.3 Å². The van der Waals surface area contributed by atoms with E-state index >= 15 is 0 Å². The lowest BCUT2D eigenvalue weighted by molar-refractivity contribution is -0.157. The van der Waals surface area contributed by atoms with Crippen molar-refractivity contribution in [2.45, 2.75) is 25.3 Å². The molecule has 20 heavy (non-hydrogen) atoms. The molecule has 2 aromatic carbocycles. The Morgan fingerprint density at radius 2 is 1.15 bits per heavy atom. The number of anilines is 2. The molecule has 5 rings (SSSR count). The minimum atomic E-state index is -0.0604. The number of fused-ring (bicyclic) bond motifs is 6. The molecular weight excluding hydrogens is 252 g/mol. The van der Waals surface area contributed by atoms with Gasteiger partial charge in [-0.2, -0.15) is 0 Å². The molecule has 0 aliphatic carbocycles. The molecule has 2 atom stereocenters. The highest BCUT2D eigenvalue weighted by molar-refractivity contribution is 5.60. The fourth-order valence-electron chi connectivity index (χ4n) is 3.32. The molecule has 2 unspecified atom stereocenters. The maximum atomic E-state index is 6.18. The van der Waals surface area contributed by atoms with Crippen molar-refractivity contribution in [1.29, 1.82) is 0 Å². The topological polar surface area (TPSA) is 24.9 Å². The Morgan fingerprint density at radius 3 is 1.65 bits per heavy atom. The molecule has 100 valence electrons. The molecule has 0 bridgehead atoms. The van der Waals surface area contributed by atoms with Crippen LogP contribution in [-0.2, 0) is 22.5 Å². The number of hydrogen-bond donors (Lipinski definition) is 0. The highest BCUT2D eigenvalue weighted by atomic mass is 16.8. The van der Waals surface area contributed by atoms with Crippen LogP contribution in [0, 0.1) is 0 Å². The summed E-state index contributed by atoms with van der Waals surface area (Å²) in [7, 11) is 0. The first kappa shape index (κ1) is 10.7. The molecular formula is C16H14N2O2. The van der Waals surface area contributed by atoms with Crippen molar-refractivity contribution in [3.8, 4) is 0 Å². The van der Waals surface area contributed by atoms with Gasteiger partial charge < -0.3 is 0 Å². The summed E-state index contributed by atoms with van der Waals surface area (Å²) in [6.07, 6.45) is 1.60. The lowest BCUT2D eigenvalue weighted by atomic mass is 10.2. The third kappa shape index (κ3) is 1.32. The van der Waals surface area contributed by atoms with Crippen molar-refractivity contribution < 1.29 is 9.68 Å². The molecule has 4 nitrogen and oxygen atoms in total. The molecule has 3 heterocycles. The van der Waals surface area contributed by atoms with Crippen LogP contribution in [0.3, 0.4) is 0 Å². The fourth-order valence-corrected chi connectivity index (χ4v) is 3.32. The minimum Gasteiger partial charge on any atom is -0.243 e. The summed E-state index contributed by atoms with van der Waals surface area (Å²) in [6.45, 7) is 0. The monoisotopic (exact) mass is 266 g/mol. The Labute approximate surface area is 117 Å². The van der Waals surface area contributed by atoms with E-state index in [9.17, 15) is 0 Å². The van der Waals surface area contributed by atoms with Gasteiger partial charge in [0.25, 0.3) is 0 Å². The van der Waals surface area contributed by atoms with Crippen LogP contribution < -0.4 is 10.1 Å². The van der Waals surface area contributed by atoms with Gasteiger partial charge in [-0.3, -0.25) is 0 Å². The molecule has 2 aromatic rings. The van der Waals surface area contributed by atoms with Crippen LogP contribution in [-0.4, -0.2) is 12.5 Å². The van der Waals surface area contributed by atoms with Gasteiger partial charge in [0.1, 0.15) is 0 Å². The van der Waals surface area contributed by atoms with E-state index in [-0.39, 0.29) is 12.5 Å². The molecule has 0 radical (unpaired) electrons. The summed E-state index contributed by atoms with van der Waals surface area (Å²) in [6, 6.07) is 16.7. The summed E-state index contributed by atoms with van der Waals surface area (Å²) in [5, 5.41) is 3.87. The van der Waals surface area contributed by atoms with Crippen molar-refractivity contribution in [3.05, 3.63) is 59.7 Å². The lowest BCUT2D eigenvalue weighted by Gasteiger charge is -2.40. The van der Waals surface area contributed by atoms with Crippen LogP contribution in [0.15, 0.2) is 48.5 Å². The normalized spacial score (nSPS) is 26.0. The van der Waals surface area contributed by atoms with E-state index in [1.165, 1.54) is 11.1 Å². The van der Waals surface area contributed by atoms with Crippen molar-refractivity contribution in [1.82, 2.24) is 0 Å². The number of nitrogens with zero attached hydrogens (tertiary/aromatic N) is 2. The third-order valence-corrected chi connectivity index (χ3v) is 4.24. The fraction of sp³-hybridized carbons (Fsp3) is 0.250. The third-order valence-electron chi connectivity index (χ3n) is 4.24. The zero-order chi connectivity index (χ0) is 13.1. The summed E-state index contributed by atoms with van der Waals surface area (Å²) >= 11 is 0. The van der Waals surface area contributed by atoms with E-state index < -0.39 is 0 Å². The second-order valence-electron chi connectivity index (χ2n) is 5.44. The first-order chi connectivity index (χ1) is 9.90. The van der Waals surface area contributed by atoms with Crippen LogP contribution in [0.5, 0.6) is 0 Å². The minimum absolute atomic E-state index is 0.0604. The second kappa shape index (κ2) is 3.75. The van der Waals surface area contributed by atoms with Crippen LogP contribution in [0.1, 0.15) is 11.1 Å². The van der Waals surface area contributed by atoms with Crippen molar-refractivity contribution >= 4 is 11.4 Å². The Bertz CT molecular complexity index is 628. The highest BCUT2D eigenvalue weighted by Crippen LogP contribution is 2.42. The number of hydroxylamine groups is 2. The molecule has 3 aliphatic heterocycles. The van der Waals surface area contributed by atoms with Crippen LogP contribution in [0.2, 0.25) is 0 Å². The molecule has 4 heteroatoms. The number of rotatable bonds is 0. The van der Waals surface area contributed by atoms with Crippen molar-refractivity contribution in [2.24, 2.45) is 0 Å². The first-order valence-corrected chi connectivity index (χ1v) is 6.98. The van der Waals surface area contributed by atoms with Gasteiger partial charge in [-0.05, 0) is 23.3 Å². The summed E-state index contributed by atoms with van der Waals surface area (Å²) in [5.74, 6) is 0. The molecule has 3 aliphatic rings. The predicted molar refractivity (Wildman–Crippen MR) is 75.0 cm³/mol. The van der Waals surface area contributed by atoms with E-state index in [0.29, 0.717) is 0 Å². The first-order valence-electron chi connectivity index (χ1n) is 6.98. The quantitative estimate of drug-likeness (QED) is 0.732. The smallest absolute Gasteiger partial charge is 0.185 e. The van der Waals surface area contributed by atoms with Crippen LogP contribution >= 0.6 is 0 Å². The lowest BCUT2D eigenvalue weighted by Crippen LogP contribution is -2.53. The van der Waals surface area contributed by atoms with Gasteiger partial charge in [0, 0.05) is 12.8 Å².